The van der Waals surface area contributed by atoms with E-state index in [0.717, 1.165) is 24.1 Å². The maximum Gasteiger partial charge on any atom is 0.0230 e. The molecule has 0 amide bonds. The smallest absolute Gasteiger partial charge is 0.0230 e. The van der Waals surface area contributed by atoms with E-state index in [9.17, 15) is 0 Å². The summed E-state index contributed by atoms with van der Waals surface area (Å²) in [5.74, 6) is 0.561. The maximum atomic E-state index is 5.60. The predicted octanol–water partition coefficient (Wildman–Crippen LogP) is 2.48. The number of benzene rings is 1. The fourth-order valence-electron chi connectivity index (χ4n) is 1.57. The Morgan fingerprint density at radius 2 is 1.93 bits per heavy atom. The van der Waals surface area contributed by atoms with Gasteiger partial charge in [0, 0.05) is 17.6 Å². The Kier molecular flexibility index (Phi) is 5.29. The van der Waals surface area contributed by atoms with Crippen LogP contribution >= 0.6 is 15.9 Å². The Labute approximate surface area is 101 Å². The van der Waals surface area contributed by atoms with Crippen LogP contribution in [0.1, 0.15) is 12.5 Å². The van der Waals surface area contributed by atoms with Crippen LogP contribution in [0.15, 0.2) is 28.7 Å². The van der Waals surface area contributed by atoms with E-state index in [1.807, 2.05) is 0 Å². The third-order valence-corrected chi connectivity index (χ3v) is 2.92. The van der Waals surface area contributed by atoms with Gasteiger partial charge in [-0.3, -0.25) is 0 Å². The molecule has 0 saturated heterocycles. The lowest BCUT2D eigenvalue weighted by Gasteiger charge is -2.20. The summed E-state index contributed by atoms with van der Waals surface area (Å²) >= 11 is 3.43. The van der Waals surface area contributed by atoms with Gasteiger partial charge in [0.2, 0.25) is 0 Å². The molecule has 1 rings (SSSR count). The highest BCUT2D eigenvalue weighted by Crippen LogP contribution is 2.12. The average molecular weight is 271 g/mol. The molecule has 0 aromatic heterocycles. The summed E-state index contributed by atoms with van der Waals surface area (Å²) in [6.07, 6.45) is 0. The van der Waals surface area contributed by atoms with Gasteiger partial charge in [-0.2, -0.15) is 0 Å². The Morgan fingerprint density at radius 1 is 1.33 bits per heavy atom. The summed E-state index contributed by atoms with van der Waals surface area (Å²) in [5.41, 5.74) is 6.94. The molecule has 2 N–H and O–H groups in total. The molecule has 84 valence electrons. The van der Waals surface area contributed by atoms with E-state index in [1.165, 1.54) is 5.56 Å². The van der Waals surface area contributed by atoms with E-state index in [1.54, 1.807) is 0 Å². The second kappa shape index (κ2) is 6.26. The van der Waals surface area contributed by atoms with Gasteiger partial charge in [-0.15, -0.1) is 0 Å². The third-order valence-electron chi connectivity index (χ3n) is 2.39. The number of rotatable bonds is 5. The third kappa shape index (κ3) is 4.78. The van der Waals surface area contributed by atoms with Gasteiger partial charge in [-0.25, -0.2) is 0 Å². The van der Waals surface area contributed by atoms with E-state index in [2.05, 4.69) is 59.1 Å². The van der Waals surface area contributed by atoms with Gasteiger partial charge in [0.05, 0.1) is 0 Å². The van der Waals surface area contributed by atoms with Gasteiger partial charge >= 0.3 is 0 Å². The molecule has 0 saturated carbocycles. The van der Waals surface area contributed by atoms with Crippen LogP contribution in [0, 0.1) is 5.92 Å². The highest BCUT2D eigenvalue weighted by atomic mass is 79.9. The minimum absolute atomic E-state index is 0.561. The Hall–Kier alpha value is -0.380. The summed E-state index contributed by atoms with van der Waals surface area (Å²) in [6, 6.07) is 8.45. The molecule has 0 aliphatic rings. The van der Waals surface area contributed by atoms with E-state index in [4.69, 9.17) is 5.73 Å². The molecule has 1 aromatic carbocycles. The standard InChI is InChI=1S/C12H19BrN2/c1-10(7-14)8-15(2)9-11-3-5-12(13)6-4-11/h3-6,10H,7-9,14H2,1-2H3. The van der Waals surface area contributed by atoms with Gasteiger partial charge < -0.3 is 10.6 Å². The minimum atomic E-state index is 0.561. The molecule has 0 bridgehead atoms. The van der Waals surface area contributed by atoms with Gasteiger partial charge in [-0.1, -0.05) is 35.0 Å². The largest absolute Gasteiger partial charge is 0.330 e. The molecule has 0 spiro atoms. The van der Waals surface area contributed by atoms with Crippen molar-refractivity contribution in [3.63, 3.8) is 0 Å². The molecule has 0 aliphatic heterocycles. The van der Waals surface area contributed by atoms with Crippen LogP contribution in [0.4, 0.5) is 0 Å². The topological polar surface area (TPSA) is 29.3 Å². The predicted molar refractivity (Wildman–Crippen MR) is 68.7 cm³/mol. The molecule has 1 aromatic rings. The highest BCUT2D eigenvalue weighted by molar-refractivity contribution is 9.10. The Balaban J connectivity index is 2.44. The van der Waals surface area contributed by atoms with E-state index < -0.39 is 0 Å². The molecule has 0 aliphatic carbocycles. The zero-order valence-electron chi connectivity index (χ0n) is 9.41. The normalized spacial score (nSPS) is 13.1. The number of nitrogens with zero attached hydrogens (tertiary/aromatic N) is 1. The van der Waals surface area contributed by atoms with E-state index >= 15 is 0 Å². The van der Waals surface area contributed by atoms with Crippen LogP contribution in [0.5, 0.6) is 0 Å². The SMILES string of the molecule is CC(CN)CN(C)Cc1ccc(Br)cc1. The molecule has 0 fully saturated rings. The molecule has 3 heteroatoms. The molecule has 15 heavy (non-hydrogen) atoms. The molecular weight excluding hydrogens is 252 g/mol. The summed E-state index contributed by atoms with van der Waals surface area (Å²) in [4.78, 5) is 2.31. The number of nitrogens with two attached hydrogens (primary N) is 1. The first-order valence-corrected chi connectivity index (χ1v) is 6.04. The lowest BCUT2D eigenvalue weighted by Crippen LogP contribution is -2.28. The highest BCUT2D eigenvalue weighted by Gasteiger charge is 2.04. The Morgan fingerprint density at radius 3 is 2.47 bits per heavy atom. The lowest BCUT2D eigenvalue weighted by molar-refractivity contribution is 0.282. The van der Waals surface area contributed by atoms with Crippen molar-refractivity contribution in [2.24, 2.45) is 11.7 Å². The fraction of sp³-hybridized carbons (Fsp3) is 0.500. The first-order valence-electron chi connectivity index (χ1n) is 5.25. The fourth-order valence-corrected chi connectivity index (χ4v) is 1.84. The lowest BCUT2D eigenvalue weighted by atomic mass is 10.1. The summed E-state index contributed by atoms with van der Waals surface area (Å²) in [6.45, 7) is 4.97. The van der Waals surface area contributed by atoms with Crippen molar-refractivity contribution in [2.75, 3.05) is 20.1 Å². The van der Waals surface area contributed by atoms with Crippen LogP contribution in [-0.4, -0.2) is 25.0 Å². The van der Waals surface area contributed by atoms with Crippen molar-refractivity contribution in [3.8, 4) is 0 Å². The van der Waals surface area contributed by atoms with Gasteiger partial charge in [0.1, 0.15) is 0 Å². The van der Waals surface area contributed by atoms with Crippen molar-refractivity contribution in [3.05, 3.63) is 34.3 Å². The summed E-state index contributed by atoms with van der Waals surface area (Å²) < 4.78 is 1.13. The van der Waals surface area contributed by atoms with Crippen molar-refractivity contribution >= 4 is 15.9 Å². The minimum Gasteiger partial charge on any atom is -0.330 e. The molecule has 0 heterocycles. The molecule has 1 atom stereocenters. The van der Waals surface area contributed by atoms with Crippen molar-refractivity contribution < 1.29 is 0 Å². The zero-order chi connectivity index (χ0) is 11.3. The number of halogens is 1. The van der Waals surface area contributed by atoms with Crippen LogP contribution in [0.2, 0.25) is 0 Å². The van der Waals surface area contributed by atoms with E-state index in [0.29, 0.717) is 5.92 Å². The number of hydrogen-bond donors (Lipinski definition) is 1. The molecular formula is C12H19BrN2. The average Bonchev–Trinajstić information content (AvgIpc) is 2.21. The van der Waals surface area contributed by atoms with Crippen LogP contribution < -0.4 is 5.73 Å². The van der Waals surface area contributed by atoms with Crippen molar-refractivity contribution in [1.29, 1.82) is 0 Å². The zero-order valence-corrected chi connectivity index (χ0v) is 11.0. The molecule has 2 nitrogen and oxygen atoms in total. The van der Waals surface area contributed by atoms with Crippen molar-refractivity contribution in [2.45, 2.75) is 13.5 Å². The summed E-state index contributed by atoms with van der Waals surface area (Å²) in [5, 5.41) is 0. The Bertz CT molecular complexity index is 284. The van der Waals surface area contributed by atoms with Crippen molar-refractivity contribution in [1.82, 2.24) is 4.90 Å². The quantitative estimate of drug-likeness (QED) is 0.891. The number of hydrogen-bond acceptors (Lipinski definition) is 2. The van der Waals surface area contributed by atoms with Crippen LogP contribution in [-0.2, 0) is 6.54 Å². The van der Waals surface area contributed by atoms with Gasteiger partial charge in [-0.05, 0) is 37.2 Å². The summed E-state index contributed by atoms with van der Waals surface area (Å²) in [7, 11) is 2.13. The van der Waals surface area contributed by atoms with Gasteiger partial charge in [0.15, 0.2) is 0 Å². The monoisotopic (exact) mass is 270 g/mol. The second-order valence-corrected chi connectivity index (χ2v) is 5.08. The second-order valence-electron chi connectivity index (χ2n) is 4.16. The molecule has 1 unspecified atom stereocenters. The van der Waals surface area contributed by atoms with Crippen LogP contribution in [0.3, 0.4) is 0 Å². The maximum absolute atomic E-state index is 5.60. The first-order chi connectivity index (χ1) is 7.11. The molecule has 0 radical (unpaired) electrons. The first kappa shape index (κ1) is 12.7. The van der Waals surface area contributed by atoms with Crippen LogP contribution in [0.25, 0.3) is 0 Å². The van der Waals surface area contributed by atoms with E-state index in [-0.39, 0.29) is 0 Å². The van der Waals surface area contributed by atoms with Gasteiger partial charge in [0.25, 0.3) is 0 Å².